The predicted molar refractivity (Wildman–Crippen MR) is 82.6 cm³/mol. The number of thiophene rings is 1. The van der Waals surface area contributed by atoms with Crippen LogP contribution in [0.5, 0.6) is 10.8 Å². The van der Waals surface area contributed by atoms with Crippen molar-refractivity contribution in [2.45, 2.75) is 26.9 Å². The monoisotopic (exact) mass is 327 g/mol. The predicted octanol–water partition coefficient (Wildman–Crippen LogP) is 4.77. The van der Waals surface area contributed by atoms with Gasteiger partial charge in [-0.3, -0.25) is 10.1 Å². The van der Waals surface area contributed by atoms with Gasteiger partial charge in [0.1, 0.15) is 5.75 Å². The molecular weight excluding hydrogens is 314 g/mol. The number of hydrogen-bond donors (Lipinski definition) is 1. The Morgan fingerprint density at radius 3 is 2.38 bits per heavy atom. The van der Waals surface area contributed by atoms with Gasteiger partial charge in [-0.2, -0.15) is 0 Å². The van der Waals surface area contributed by atoms with E-state index >= 15 is 0 Å². The largest absolute Gasteiger partial charge is 0.440 e. The van der Waals surface area contributed by atoms with E-state index in [4.69, 9.17) is 16.3 Å². The number of hydrogen-bond acceptors (Lipinski definition) is 5. The maximum absolute atomic E-state index is 11.1. The molecule has 2 rings (SSSR count). The minimum Gasteiger partial charge on any atom is -0.440 e. The molecule has 1 N–H and O–H groups in total. The molecule has 1 atom stereocenters. The Kier molecular flexibility index (Phi) is 4.51. The molecule has 0 spiro atoms. The van der Waals surface area contributed by atoms with Crippen LogP contribution in [0.1, 0.15) is 29.0 Å². The van der Waals surface area contributed by atoms with Gasteiger partial charge in [0, 0.05) is 16.0 Å². The lowest BCUT2D eigenvalue weighted by atomic mass is 10.1. The Balaban J connectivity index is 2.41. The number of aliphatic hydroxyl groups excluding tert-OH is 1. The highest BCUT2D eigenvalue weighted by molar-refractivity contribution is 7.14. The van der Waals surface area contributed by atoms with Gasteiger partial charge in [-0.15, -0.1) is 0 Å². The first-order chi connectivity index (χ1) is 9.79. The first kappa shape index (κ1) is 15.8. The van der Waals surface area contributed by atoms with E-state index in [1.54, 1.807) is 19.1 Å². The molecule has 0 saturated carbocycles. The Morgan fingerprint density at radius 1 is 1.33 bits per heavy atom. The van der Waals surface area contributed by atoms with Crippen LogP contribution in [-0.2, 0) is 0 Å². The van der Waals surface area contributed by atoms with Gasteiger partial charge in [-0.1, -0.05) is 22.9 Å². The van der Waals surface area contributed by atoms with Crippen molar-refractivity contribution in [1.82, 2.24) is 0 Å². The summed E-state index contributed by atoms with van der Waals surface area (Å²) in [6.07, 6.45) is -0.778. The van der Waals surface area contributed by atoms with Crippen LogP contribution in [0.25, 0.3) is 0 Å². The first-order valence-electron chi connectivity index (χ1n) is 6.20. The van der Waals surface area contributed by atoms with E-state index in [2.05, 4.69) is 0 Å². The van der Waals surface area contributed by atoms with Crippen molar-refractivity contribution >= 4 is 28.6 Å². The van der Waals surface area contributed by atoms with Crippen molar-refractivity contribution in [3.8, 4) is 10.8 Å². The SMILES string of the molecule is Cc1cc(Oc2sc([C@@H](C)O)cc2[N+](=O)[O-])cc(C)c1Cl. The molecule has 0 bridgehead atoms. The second-order valence-electron chi connectivity index (χ2n) is 4.73. The average molecular weight is 328 g/mol. The van der Waals surface area contributed by atoms with Gasteiger partial charge in [0.05, 0.1) is 11.0 Å². The maximum Gasteiger partial charge on any atom is 0.323 e. The lowest BCUT2D eigenvalue weighted by Gasteiger charge is -2.08. The highest BCUT2D eigenvalue weighted by atomic mass is 35.5. The quantitative estimate of drug-likeness (QED) is 0.648. The summed E-state index contributed by atoms with van der Waals surface area (Å²) in [7, 11) is 0. The van der Waals surface area contributed by atoms with Gasteiger partial charge in [0.15, 0.2) is 0 Å². The third kappa shape index (κ3) is 3.34. The fourth-order valence-corrected chi connectivity index (χ4v) is 2.90. The minimum absolute atomic E-state index is 0.150. The molecule has 0 fully saturated rings. The Hall–Kier alpha value is -1.63. The lowest BCUT2D eigenvalue weighted by molar-refractivity contribution is -0.385. The zero-order valence-corrected chi connectivity index (χ0v) is 13.3. The van der Waals surface area contributed by atoms with Gasteiger partial charge in [0.25, 0.3) is 5.06 Å². The molecule has 0 aliphatic rings. The number of halogens is 1. The van der Waals surface area contributed by atoms with E-state index in [0.29, 0.717) is 15.6 Å². The maximum atomic E-state index is 11.1. The summed E-state index contributed by atoms with van der Waals surface area (Å²) in [6, 6.07) is 4.78. The molecular formula is C14H14ClNO4S. The van der Waals surface area contributed by atoms with Crippen molar-refractivity contribution < 1.29 is 14.8 Å². The molecule has 0 unspecified atom stereocenters. The number of aryl methyl sites for hydroxylation is 2. The van der Waals surface area contributed by atoms with Crippen LogP contribution in [-0.4, -0.2) is 10.0 Å². The summed E-state index contributed by atoms with van der Waals surface area (Å²) in [4.78, 5) is 11.0. The Morgan fingerprint density at radius 2 is 1.90 bits per heavy atom. The zero-order valence-electron chi connectivity index (χ0n) is 11.7. The summed E-state index contributed by atoms with van der Waals surface area (Å²) in [6.45, 7) is 5.23. The molecule has 112 valence electrons. The molecule has 2 aromatic rings. The summed E-state index contributed by atoms with van der Waals surface area (Å²) < 4.78 is 5.63. The standard InChI is InChI=1S/C14H14ClNO4S/c1-7-4-10(5-8(2)13(7)15)20-14-11(16(18)19)6-12(21-14)9(3)17/h4-6,9,17H,1-3H3/t9-/m1/s1. The van der Waals surface area contributed by atoms with Gasteiger partial charge in [0.2, 0.25) is 0 Å². The molecule has 0 radical (unpaired) electrons. The molecule has 5 nitrogen and oxygen atoms in total. The van der Waals surface area contributed by atoms with E-state index in [9.17, 15) is 15.2 Å². The van der Waals surface area contributed by atoms with E-state index < -0.39 is 11.0 Å². The molecule has 0 amide bonds. The lowest BCUT2D eigenvalue weighted by Crippen LogP contribution is -1.91. The van der Waals surface area contributed by atoms with Crippen LogP contribution in [0, 0.1) is 24.0 Å². The number of rotatable bonds is 4. The smallest absolute Gasteiger partial charge is 0.323 e. The Bertz CT molecular complexity index is 673. The van der Waals surface area contributed by atoms with E-state index in [0.717, 1.165) is 22.5 Å². The van der Waals surface area contributed by atoms with E-state index in [1.807, 2.05) is 13.8 Å². The molecule has 1 heterocycles. The fourth-order valence-electron chi connectivity index (χ4n) is 1.86. The Labute approximate surface area is 130 Å². The fraction of sp³-hybridized carbons (Fsp3) is 0.286. The third-order valence-corrected chi connectivity index (χ3v) is 4.70. The number of aliphatic hydroxyl groups is 1. The van der Waals surface area contributed by atoms with Gasteiger partial charge in [-0.25, -0.2) is 0 Å². The number of nitrogens with zero attached hydrogens (tertiary/aromatic N) is 1. The highest BCUT2D eigenvalue weighted by Gasteiger charge is 2.23. The molecule has 0 aliphatic heterocycles. The number of ether oxygens (including phenoxy) is 1. The summed E-state index contributed by atoms with van der Waals surface area (Å²) in [5.41, 5.74) is 1.52. The van der Waals surface area contributed by atoms with Crippen LogP contribution >= 0.6 is 22.9 Å². The molecule has 0 aliphatic carbocycles. The van der Waals surface area contributed by atoms with Crippen molar-refractivity contribution in [1.29, 1.82) is 0 Å². The summed E-state index contributed by atoms with van der Waals surface area (Å²) in [5, 5.41) is 21.4. The van der Waals surface area contributed by atoms with Crippen LogP contribution in [0.4, 0.5) is 5.69 Å². The minimum atomic E-state index is -0.778. The van der Waals surface area contributed by atoms with Crippen LogP contribution in [0.15, 0.2) is 18.2 Å². The topological polar surface area (TPSA) is 72.6 Å². The van der Waals surface area contributed by atoms with Gasteiger partial charge in [-0.05, 0) is 44.0 Å². The zero-order chi connectivity index (χ0) is 15.7. The summed E-state index contributed by atoms with van der Waals surface area (Å²) in [5.74, 6) is 0.483. The number of nitro groups is 1. The van der Waals surface area contributed by atoms with Crippen LogP contribution < -0.4 is 4.74 Å². The molecule has 1 aromatic heterocycles. The van der Waals surface area contributed by atoms with Crippen LogP contribution in [0.3, 0.4) is 0 Å². The van der Waals surface area contributed by atoms with Crippen molar-refractivity contribution in [3.05, 3.63) is 49.3 Å². The van der Waals surface area contributed by atoms with Crippen LogP contribution in [0.2, 0.25) is 5.02 Å². The first-order valence-corrected chi connectivity index (χ1v) is 7.39. The molecule has 1 aromatic carbocycles. The van der Waals surface area contributed by atoms with Gasteiger partial charge < -0.3 is 9.84 Å². The van der Waals surface area contributed by atoms with Crippen molar-refractivity contribution in [2.75, 3.05) is 0 Å². The van der Waals surface area contributed by atoms with Gasteiger partial charge >= 0.3 is 5.69 Å². The average Bonchev–Trinajstić information content (AvgIpc) is 2.80. The summed E-state index contributed by atoms with van der Waals surface area (Å²) >= 11 is 7.15. The second kappa shape index (κ2) is 6.01. The van der Waals surface area contributed by atoms with E-state index in [1.165, 1.54) is 6.07 Å². The molecule has 21 heavy (non-hydrogen) atoms. The number of benzene rings is 1. The van der Waals surface area contributed by atoms with Crippen molar-refractivity contribution in [2.24, 2.45) is 0 Å². The molecule has 7 heteroatoms. The van der Waals surface area contributed by atoms with Crippen molar-refractivity contribution in [3.63, 3.8) is 0 Å². The molecule has 0 saturated heterocycles. The highest BCUT2D eigenvalue weighted by Crippen LogP contribution is 2.42. The normalized spacial score (nSPS) is 12.2. The van der Waals surface area contributed by atoms with E-state index in [-0.39, 0.29) is 10.8 Å². The second-order valence-corrected chi connectivity index (χ2v) is 6.15. The third-order valence-electron chi connectivity index (χ3n) is 2.93.